The highest BCUT2D eigenvalue weighted by molar-refractivity contribution is 7.92. The average Bonchev–Trinajstić information content (AvgIpc) is 3.18. The van der Waals surface area contributed by atoms with Crippen LogP contribution in [0.4, 0.5) is 0 Å². The van der Waals surface area contributed by atoms with Gasteiger partial charge in [0.25, 0.3) is 0 Å². The molecule has 7 atom stereocenters. The van der Waals surface area contributed by atoms with Gasteiger partial charge in [-0.2, -0.15) is 0 Å². The molecule has 0 radical (unpaired) electrons. The molecule has 1 amide bonds. The molecule has 2 saturated carbocycles. The summed E-state index contributed by atoms with van der Waals surface area (Å²) in [6, 6.07) is 0.0225. The second kappa shape index (κ2) is 8.47. The van der Waals surface area contributed by atoms with Crippen LogP contribution < -0.4 is 4.89 Å². The zero-order valence-electron chi connectivity index (χ0n) is 17.5. The highest BCUT2D eigenvalue weighted by Gasteiger charge is 2.62. The smallest absolute Gasteiger partial charge is 0.310 e. The van der Waals surface area contributed by atoms with Crippen molar-refractivity contribution in [3.8, 4) is 0 Å². The minimum Gasteiger partial charge on any atom is -0.460 e. The van der Waals surface area contributed by atoms with Gasteiger partial charge in [-0.1, -0.05) is 13.8 Å². The first kappa shape index (κ1) is 21.8. The first-order chi connectivity index (χ1) is 13.2. The van der Waals surface area contributed by atoms with Gasteiger partial charge in [0.1, 0.15) is 17.8 Å². The molecule has 0 aromatic carbocycles. The Morgan fingerprint density at radius 1 is 1.14 bits per heavy atom. The van der Waals surface area contributed by atoms with Crippen LogP contribution in [0.1, 0.15) is 41.0 Å². The summed E-state index contributed by atoms with van der Waals surface area (Å²) in [6.45, 7) is 11.0. The van der Waals surface area contributed by atoms with Crippen molar-refractivity contribution in [2.45, 2.75) is 52.7 Å². The van der Waals surface area contributed by atoms with Crippen molar-refractivity contribution in [2.75, 3.05) is 20.3 Å². The maximum Gasteiger partial charge on any atom is 0.310 e. The minimum atomic E-state index is -0.550. The van der Waals surface area contributed by atoms with E-state index >= 15 is 0 Å². The Kier molecular flexibility index (Phi) is 6.61. The third-order valence-corrected chi connectivity index (χ3v) is 6.86. The standard InChI is InChI=1S/C19H32N2O6S/c1-10-11(2)14-7-13(10)15(16(14)18(23)26-19(3,4)5)17(22)21-8-12(21)9-25-20-28-27-24-6/h10-16,20H,7-9H2,1-6H3. The molecule has 28 heavy (non-hydrogen) atoms. The van der Waals surface area contributed by atoms with Gasteiger partial charge >= 0.3 is 5.97 Å². The van der Waals surface area contributed by atoms with Gasteiger partial charge < -0.3 is 9.64 Å². The Hall–Kier alpha value is -0.870. The minimum absolute atomic E-state index is 0.0225. The summed E-state index contributed by atoms with van der Waals surface area (Å²) < 4.78 is 10.3. The molecule has 0 aromatic heterocycles. The van der Waals surface area contributed by atoms with Gasteiger partial charge in [-0.3, -0.25) is 14.4 Å². The van der Waals surface area contributed by atoms with E-state index in [1.807, 2.05) is 25.7 Å². The lowest BCUT2D eigenvalue weighted by Crippen LogP contribution is -2.45. The van der Waals surface area contributed by atoms with E-state index in [2.05, 4.69) is 28.0 Å². The van der Waals surface area contributed by atoms with Gasteiger partial charge in [-0.25, -0.2) is 4.89 Å². The van der Waals surface area contributed by atoms with Crippen LogP contribution in [-0.2, 0) is 28.4 Å². The Balaban J connectivity index is 1.62. The average molecular weight is 417 g/mol. The fourth-order valence-electron chi connectivity index (χ4n) is 5.02. The van der Waals surface area contributed by atoms with Crippen LogP contribution in [0.15, 0.2) is 0 Å². The molecule has 1 heterocycles. The highest BCUT2D eigenvalue weighted by atomic mass is 32.2. The first-order valence-electron chi connectivity index (χ1n) is 9.92. The van der Waals surface area contributed by atoms with Crippen molar-refractivity contribution in [3.05, 3.63) is 0 Å². The summed E-state index contributed by atoms with van der Waals surface area (Å²) in [5, 5.41) is 0. The molecule has 7 unspecified atom stereocenters. The highest BCUT2D eigenvalue weighted by Crippen LogP contribution is 2.59. The van der Waals surface area contributed by atoms with E-state index in [1.54, 1.807) is 0 Å². The lowest BCUT2D eigenvalue weighted by Gasteiger charge is -2.37. The molecule has 1 saturated heterocycles. The van der Waals surface area contributed by atoms with E-state index in [0.717, 1.165) is 18.6 Å². The number of esters is 1. The maximum absolute atomic E-state index is 13.3. The Morgan fingerprint density at radius 3 is 2.39 bits per heavy atom. The SMILES string of the molecule is COOSNOCC1CN1C(=O)C1C2CC(C(C)C2C)C1C(=O)OC(C)(C)C. The number of nitrogens with one attached hydrogen (secondary N) is 1. The lowest BCUT2D eigenvalue weighted by molar-refractivity contribution is -0.168. The molecule has 3 fully saturated rings. The van der Waals surface area contributed by atoms with Crippen LogP contribution >= 0.6 is 12.2 Å². The number of ether oxygens (including phenoxy) is 1. The number of fused-ring (bicyclic) bond motifs is 2. The van der Waals surface area contributed by atoms with E-state index < -0.39 is 5.60 Å². The summed E-state index contributed by atoms with van der Waals surface area (Å²) in [5.41, 5.74) is -0.550. The van der Waals surface area contributed by atoms with Crippen LogP contribution in [0, 0.1) is 35.5 Å². The number of hydrogen-bond donors (Lipinski definition) is 1. The summed E-state index contributed by atoms with van der Waals surface area (Å²) in [4.78, 5) is 40.3. The number of carbonyl (C=O) groups excluding carboxylic acids is 2. The number of amides is 1. The molecule has 1 aliphatic heterocycles. The largest absolute Gasteiger partial charge is 0.460 e. The molecule has 1 N–H and O–H groups in total. The zero-order valence-corrected chi connectivity index (χ0v) is 18.3. The molecule has 3 rings (SSSR count). The van der Waals surface area contributed by atoms with Crippen LogP contribution in [-0.4, -0.2) is 48.7 Å². The fourth-order valence-corrected chi connectivity index (χ4v) is 5.23. The van der Waals surface area contributed by atoms with Crippen molar-refractivity contribution in [3.63, 3.8) is 0 Å². The summed E-state index contributed by atoms with van der Waals surface area (Å²) in [5.74, 6) is 0.569. The number of rotatable bonds is 8. The van der Waals surface area contributed by atoms with Gasteiger partial charge in [0.15, 0.2) is 0 Å². The second-order valence-corrected chi connectivity index (χ2v) is 9.69. The number of carbonyl (C=O) groups is 2. The van der Waals surface area contributed by atoms with Gasteiger partial charge in [-0.15, -0.1) is 9.22 Å². The summed E-state index contributed by atoms with van der Waals surface area (Å²) >= 11 is 0.819. The second-order valence-electron chi connectivity index (χ2n) is 9.22. The molecule has 2 bridgehead atoms. The molecular weight excluding hydrogens is 384 g/mol. The Labute approximate surface area is 171 Å². The van der Waals surface area contributed by atoms with Crippen LogP contribution in [0.25, 0.3) is 0 Å². The van der Waals surface area contributed by atoms with Crippen molar-refractivity contribution in [1.29, 1.82) is 0 Å². The predicted molar refractivity (Wildman–Crippen MR) is 103 cm³/mol. The van der Waals surface area contributed by atoms with Crippen molar-refractivity contribution in [1.82, 2.24) is 9.79 Å². The number of hydrogen-bond acceptors (Lipinski definition) is 8. The molecule has 9 heteroatoms. The molecule has 0 spiro atoms. The van der Waals surface area contributed by atoms with E-state index in [1.165, 1.54) is 7.11 Å². The van der Waals surface area contributed by atoms with E-state index in [-0.39, 0.29) is 41.6 Å². The van der Waals surface area contributed by atoms with Gasteiger partial charge in [0, 0.05) is 6.54 Å². The van der Waals surface area contributed by atoms with E-state index in [0.29, 0.717) is 25.0 Å². The summed E-state index contributed by atoms with van der Waals surface area (Å²) in [7, 11) is 1.40. The third kappa shape index (κ3) is 4.48. The van der Waals surface area contributed by atoms with E-state index in [4.69, 9.17) is 9.57 Å². The maximum atomic E-state index is 13.3. The van der Waals surface area contributed by atoms with Crippen LogP contribution in [0.5, 0.6) is 0 Å². The molecule has 8 nitrogen and oxygen atoms in total. The van der Waals surface area contributed by atoms with Crippen LogP contribution in [0.2, 0.25) is 0 Å². The van der Waals surface area contributed by atoms with Crippen LogP contribution in [0.3, 0.4) is 0 Å². The van der Waals surface area contributed by atoms with Gasteiger partial charge in [0.05, 0.1) is 31.6 Å². The van der Waals surface area contributed by atoms with Crippen molar-refractivity contribution >= 4 is 24.1 Å². The Morgan fingerprint density at radius 2 is 1.79 bits per heavy atom. The zero-order chi connectivity index (χ0) is 20.6. The lowest BCUT2D eigenvalue weighted by atomic mass is 9.69. The normalized spacial score (nSPS) is 36.6. The summed E-state index contributed by atoms with van der Waals surface area (Å²) in [6.07, 6.45) is 0.935. The first-order valence-corrected chi connectivity index (χ1v) is 10.7. The van der Waals surface area contributed by atoms with E-state index in [9.17, 15) is 9.59 Å². The molecule has 160 valence electrons. The molecular formula is C19H32N2O6S. The predicted octanol–water partition coefficient (Wildman–Crippen LogP) is 2.36. The fraction of sp³-hybridized carbons (Fsp3) is 0.895. The molecule has 2 aliphatic carbocycles. The quantitative estimate of drug-likeness (QED) is 0.123. The topological polar surface area (TPSA) is 86.1 Å². The number of nitrogens with zero attached hydrogens (tertiary/aromatic N) is 1. The van der Waals surface area contributed by atoms with Crippen molar-refractivity contribution < 1.29 is 28.4 Å². The van der Waals surface area contributed by atoms with Gasteiger partial charge in [-0.05, 0) is 50.9 Å². The monoisotopic (exact) mass is 416 g/mol. The molecule has 3 aliphatic rings. The third-order valence-electron chi connectivity index (χ3n) is 6.47. The van der Waals surface area contributed by atoms with Gasteiger partial charge in [0.2, 0.25) is 5.91 Å². The molecule has 0 aromatic rings. The van der Waals surface area contributed by atoms with Crippen molar-refractivity contribution in [2.24, 2.45) is 35.5 Å². The Bertz CT molecular complexity index is 597.